The lowest BCUT2D eigenvalue weighted by Gasteiger charge is -2.28. The summed E-state index contributed by atoms with van der Waals surface area (Å²) in [6, 6.07) is 3.69. The van der Waals surface area contributed by atoms with Crippen molar-refractivity contribution in [2.75, 3.05) is 25.6 Å². The quantitative estimate of drug-likeness (QED) is 0.790. The first-order valence-corrected chi connectivity index (χ1v) is 6.14. The smallest absolute Gasteiger partial charge is 0.338 e. The van der Waals surface area contributed by atoms with Crippen molar-refractivity contribution in [1.29, 1.82) is 0 Å². The Bertz CT molecular complexity index is 432. The van der Waals surface area contributed by atoms with Crippen LogP contribution in [0.3, 0.4) is 0 Å². The van der Waals surface area contributed by atoms with Crippen LogP contribution in [0.15, 0.2) is 18.3 Å². The fraction of sp³-hybridized carbons (Fsp3) is 0.538. The van der Waals surface area contributed by atoms with E-state index in [4.69, 9.17) is 10.5 Å². The van der Waals surface area contributed by atoms with Crippen molar-refractivity contribution < 1.29 is 9.53 Å². The lowest BCUT2D eigenvalue weighted by atomic mass is 10.1. The van der Waals surface area contributed by atoms with E-state index in [1.807, 2.05) is 7.05 Å². The molecular formula is C13H19N3O2. The minimum Gasteiger partial charge on any atom is -0.465 e. The minimum absolute atomic E-state index is 0.297. The van der Waals surface area contributed by atoms with E-state index in [1.165, 1.54) is 20.0 Å². The highest BCUT2D eigenvalue weighted by Gasteiger charge is 2.33. The molecular weight excluding hydrogens is 230 g/mol. The number of methoxy groups -OCH3 is 1. The Morgan fingerprint density at radius 3 is 2.94 bits per heavy atom. The summed E-state index contributed by atoms with van der Waals surface area (Å²) in [6.45, 7) is 0.602. The van der Waals surface area contributed by atoms with Crippen molar-refractivity contribution in [3.05, 3.63) is 23.9 Å². The number of hydrogen-bond donors (Lipinski definition) is 1. The topological polar surface area (TPSA) is 68.5 Å². The van der Waals surface area contributed by atoms with Crippen molar-refractivity contribution in [3.63, 3.8) is 0 Å². The zero-order chi connectivity index (χ0) is 13.1. The summed E-state index contributed by atoms with van der Waals surface area (Å²) in [6.07, 6.45) is 4.07. The summed E-state index contributed by atoms with van der Waals surface area (Å²) in [5.74, 6) is 1.08. The molecule has 1 aliphatic rings. The van der Waals surface area contributed by atoms with Crippen molar-refractivity contribution in [1.82, 2.24) is 4.98 Å². The van der Waals surface area contributed by atoms with E-state index < -0.39 is 0 Å². The molecule has 98 valence electrons. The Morgan fingerprint density at radius 1 is 1.67 bits per heavy atom. The first-order valence-electron chi connectivity index (χ1n) is 6.14. The summed E-state index contributed by atoms with van der Waals surface area (Å²) in [7, 11) is 3.35. The fourth-order valence-corrected chi connectivity index (χ4v) is 2.17. The predicted molar refractivity (Wildman–Crippen MR) is 69.5 cm³/mol. The molecule has 5 nitrogen and oxygen atoms in total. The van der Waals surface area contributed by atoms with Gasteiger partial charge < -0.3 is 15.4 Å². The van der Waals surface area contributed by atoms with Crippen LogP contribution in [0.2, 0.25) is 0 Å². The molecule has 2 rings (SSSR count). The number of anilines is 1. The van der Waals surface area contributed by atoms with Crippen LogP contribution in [-0.2, 0) is 4.74 Å². The van der Waals surface area contributed by atoms with Gasteiger partial charge in [0.2, 0.25) is 0 Å². The average Bonchev–Trinajstić information content (AvgIpc) is 3.23. The van der Waals surface area contributed by atoms with Gasteiger partial charge in [-0.25, -0.2) is 9.78 Å². The van der Waals surface area contributed by atoms with Gasteiger partial charge in [0.05, 0.1) is 12.7 Å². The zero-order valence-electron chi connectivity index (χ0n) is 10.8. The normalized spacial score (nSPS) is 16.2. The third kappa shape index (κ3) is 2.61. The maximum Gasteiger partial charge on any atom is 0.338 e. The molecule has 5 heteroatoms. The number of aromatic nitrogens is 1. The molecule has 0 aliphatic heterocycles. The highest BCUT2D eigenvalue weighted by atomic mass is 16.5. The van der Waals surface area contributed by atoms with Crippen LogP contribution in [0.4, 0.5) is 5.82 Å². The van der Waals surface area contributed by atoms with E-state index in [9.17, 15) is 4.79 Å². The Labute approximate surface area is 107 Å². The first kappa shape index (κ1) is 12.8. The number of ether oxygens (including phenoxy) is 1. The highest BCUT2D eigenvalue weighted by molar-refractivity contribution is 5.90. The van der Waals surface area contributed by atoms with Crippen molar-refractivity contribution >= 4 is 11.8 Å². The largest absolute Gasteiger partial charge is 0.465 e. The molecule has 1 aliphatic carbocycles. The molecule has 0 aromatic carbocycles. The molecule has 1 heterocycles. The van der Waals surface area contributed by atoms with Gasteiger partial charge >= 0.3 is 5.97 Å². The van der Waals surface area contributed by atoms with Crippen LogP contribution in [0.1, 0.15) is 23.2 Å². The Balaban J connectivity index is 2.18. The molecule has 0 bridgehead atoms. The van der Waals surface area contributed by atoms with Crippen LogP contribution in [-0.4, -0.2) is 37.7 Å². The van der Waals surface area contributed by atoms with Gasteiger partial charge in [0.1, 0.15) is 5.82 Å². The second-order valence-electron chi connectivity index (χ2n) is 4.65. The van der Waals surface area contributed by atoms with Crippen molar-refractivity contribution in [3.8, 4) is 0 Å². The lowest BCUT2D eigenvalue weighted by Crippen LogP contribution is -2.40. The molecule has 1 fully saturated rings. The number of esters is 1. The molecule has 1 unspecified atom stereocenters. The van der Waals surface area contributed by atoms with Crippen LogP contribution in [0.5, 0.6) is 0 Å². The highest BCUT2D eigenvalue weighted by Crippen LogP contribution is 2.35. The second kappa shape index (κ2) is 5.35. The Morgan fingerprint density at radius 2 is 2.39 bits per heavy atom. The number of carbonyl (C=O) groups is 1. The van der Waals surface area contributed by atoms with E-state index in [1.54, 1.807) is 18.3 Å². The average molecular weight is 249 g/mol. The molecule has 1 aromatic heterocycles. The maximum absolute atomic E-state index is 11.5. The minimum atomic E-state index is -0.345. The number of pyridine rings is 1. The van der Waals surface area contributed by atoms with Gasteiger partial charge in [-0.3, -0.25) is 0 Å². The molecule has 0 radical (unpaired) electrons. The molecule has 2 N–H and O–H groups in total. The van der Waals surface area contributed by atoms with Gasteiger partial charge in [-0.05, 0) is 30.9 Å². The molecule has 1 atom stereocenters. The Hall–Kier alpha value is -1.62. The zero-order valence-corrected chi connectivity index (χ0v) is 10.8. The summed E-state index contributed by atoms with van der Waals surface area (Å²) in [4.78, 5) is 17.8. The van der Waals surface area contributed by atoms with Crippen molar-refractivity contribution in [2.24, 2.45) is 11.7 Å². The first-order chi connectivity index (χ1) is 8.67. The number of nitrogens with two attached hydrogens (primary N) is 1. The molecule has 1 aromatic rings. The van der Waals surface area contributed by atoms with Gasteiger partial charge in [0.15, 0.2) is 0 Å². The molecule has 0 saturated heterocycles. The molecule has 1 saturated carbocycles. The van der Waals surface area contributed by atoms with Gasteiger partial charge in [-0.1, -0.05) is 0 Å². The van der Waals surface area contributed by atoms with Gasteiger partial charge in [0, 0.05) is 25.8 Å². The van der Waals surface area contributed by atoms with Gasteiger partial charge in [-0.2, -0.15) is 0 Å². The molecule has 18 heavy (non-hydrogen) atoms. The predicted octanol–water partition coefficient (Wildman–Crippen LogP) is 1.04. The SMILES string of the molecule is COC(=O)c1ccnc(N(C)C(CN)C2CC2)c1. The molecule has 0 spiro atoms. The van der Waals surface area contributed by atoms with Crippen LogP contribution in [0.25, 0.3) is 0 Å². The van der Waals surface area contributed by atoms with Gasteiger partial charge in [0.25, 0.3) is 0 Å². The monoisotopic (exact) mass is 249 g/mol. The number of nitrogens with zero attached hydrogens (tertiary/aromatic N) is 2. The van der Waals surface area contributed by atoms with Crippen molar-refractivity contribution in [2.45, 2.75) is 18.9 Å². The number of rotatable bonds is 5. The van der Waals surface area contributed by atoms with E-state index >= 15 is 0 Å². The maximum atomic E-state index is 11.5. The van der Waals surface area contributed by atoms with Crippen LogP contribution >= 0.6 is 0 Å². The van der Waals surface area contributed by atoms with E-state index in [-0.39, 0.29) is 5.97 Å². The summed E-state index contributed by atoms with van der Waals surface area (Å²) in [5, 5.41) is 0. The van der Waals surface area contributed by atoms with Crippen LogP contribution < -0.4 is 10.6 Å². The summed E-state index contributed by atoms with van der Waals surface area (Å²) >= 11 is 0. The third-order valence-corrected chi connectivity index (χ3v) is 3.43. The number of hydrogen-bond acceptors (Lipinski definition) is 5. The fourth-order valence-electron chi connectivity index (χ4n) is 2.17. The number of carbonyl (C=O) groups excluding carboxylic acids is 1. The third-order valence-electron chi connectivity index (χ3n) is 3.43. The van der Waals surface area contributed by atoms with E-state index in [0.717, 1.165) is 5.82 Å². The second-order valence-corrected chi connectivity index (χ2v) is 4.65. The summed E-state index contributed by atoms with van der Waals surface area (Å²) in [5.41, 5.74) is 6.33. The molecule has 0 amide bonds. The number of likely N-dealkylation sites (N-methyl/N-ethyl adjacent to an activating group) is 1. The van der Waals surface area contributed by atoms with Gasteiger partial charge in [-0.15, -0.1) is 0 Å². The standard InChI is InChI=1S/C13H19N3O2/c1-16(11(8-14)9-3-4-9)12-7-10(5-6-15-12)13(17)18-2/h5-7,9,11H,3-4,8,14H2,1-2H3. The summed E-state index contributed by atoms with van der Waals surface area (Å²) < 4.78 is 4.71. The lowest BCUT2D eigenvalue weighted by molar-refractivity contribution is 0.0600. The Kier molecular flexibility index (Phi) is 3.81. The van der Waals surface area contributed by atoms with E-state index in [0.29, 0.717) is 24.1 Å². The van der Waals surface area contributed by atoms with E-state index in [2.05, 4.69) is 9.88 Å². The van der Waals surface area contributed by atoms with Crippen LogP contribution in [0, 0.1) is 5.92 Å².